The number of hydrogen-bond acceptors (Lipinski definition) is 4. The summed E-state index contributed by atoms with van der Waals surface area (Å²) in [7, 11) is 3.20. The summed E-state index contributed by atoms with van der Waals surface area (Å²) < 4.78 is 11.4. The van der Waals surface area contributed by atoms with Crippen molar-refractivity contribution in [3.8, 4) is 11.5 Å². The van der Waals surface area contributed by atoms with Crippen LogP contribution in [0.5, 0.6) is 11.5 Å². The van der Waals surface area contributed by atoms with Gasteiger partial charge in [0.25, 0.3) is 0 Å². The number of hydrogen-bond donors (Lipinski definition) is 1. The second-order valence-corrected chi connectivity index (χ2v) is 3.78. The molecule has 74 valence electrons. The molecule has 0 aliphatic carbocycles. The molecule has 0 unspecified atom stereocenters. The number of nitrogens with two attached hydrogens (primary N) is 1. The lowest BCUT2D eigenvalue weighted by Gasteiger charge is -2.10. The normalized spacial score (nSPS) is 10.4. The molecular formula is C10H11NO2S. The van der Waals surface area contributed by atoms with Gasteiger partial charge in [0.2, 0.25) is 0 Å². The number of nitrogen functional groups attached to an aromatic ring is 1. The number of rotatable bonds is 2. The van der Waals surface area contributed by atoms with Crippen LogP contribution < -0.4 is 15.2 Å². The van der Waals surface area contributed by atoms with E-state index in [4.69, 9.17) is 15.2 Å². The van der Waals surface area contributed by atoms with Crippen molar-refractivity contribution in [2.45, 2.75) is 0 Å². The second-order valence-electron chi connectivity index (χ2n) is 2.86. The van der Waals surface area contributed by atoms with Crippen molar-refractivity contribution in [1.82, 2.24) is 0 Å². The number of thiophene rings is 1. The Balaban J connectivity index is 2.79. The number of ether oxygens (including phenoxy) is 2. The SMILES string of the molecule is COc1cc2ccsc2c(N)c1OC. The predicted octanol–water partition coefficient (Wildman–Crippen LogP) is 2.50. The monoisotopic (exact) mass is 209 g/mol. The Kier molecular flexibility index (Phi) is 2.21. The molecule has 4 heteroatoms. The van der Waals surface area contributed by atoms with Gasteiger partial charge in [0.05, 0.1) is 24.6 Å². The van der Waals surface area contributed by atoms with Gasteiger partial charge < -0.3 is 15.2 Å². The Labute approximate surface area is 86.1 Å². The summed E-state index contributed by atoms with van der Waals surface area (Å²) in [5.41, 5.74) is 6.61. The molecule has 2 N–H and O–H groups in total. The van der Waals surface area contributed by atoms with Gasteiger partial charge in [-0.1, -0.05) is 0 Å². The lowest BCUT2D eigenvalue weighted by molar-refractivity contribution is 0.357. The molecule has 0 spiro atoms. The van der Waals surface area contributed by atoms with Gasteiger partial charge in [-0.15, -0.1) is 11.3 Å². The van der Waals surface area contributed by atoms with Crippen molar-refractivity contribution in [3.63, 3.8) is 0 Å². The Morgan fingerprint density at radius 3 is 2.71 bits per heavy atom. The van der Waals surface area contributed by atoms with Gasteiger partial charge in [-0.05, 0) is 22.9 Å². The average molecular weight is 209 g/mol. The van der Waals surface area contributed by atoms with E-state index in [9.17, 15) is 0 Å². The third-order valence-electron chi connectivity index (χ3n) is 2.12. The van der Waals surface area contributed by atoms with Crippen molar-refractivity contribution in [1.29, 1.82) is 0 Å². The van der Waals surface area contributed by atoms with Crippen molar-refractivity contribution in [2.24, 2.45) is 0 Å². The summed E-state index contributed by atoms with van der Waals surface area (Å²) in [6.45, 7) is 0. The highest BCUT2D eigenvalue weighted by atomic mass is 32.1. The van der Waals surface area contributed by atoms with Gasteiger partial charge in [-0.3, -0.25) is 0 Å². The molecule has 0 saturated carbocycles. The summed E-state index contributed by atoms with van der Waals surface area (Å²) in [5.74, 6) is 1.29. The first-order valence-electron chi connectivity index (χ1n) is 4.15. The van der Waals surface area contributed by atoms with Gasteiger partial charge in [0.1, 0.15) is 0 Å². The largest absolute Gasteiger partial charge is 0.493 e. The van der Waals surface area contributed by atoms with E-state index in [-0.39, 0.29) is 0 Å². The molecule has 0 atom stereocenters. The number of fused-ring (bicyclic) bond motifs is 1. The molecule has 2 aromatic rings. The molecule has 0 aliphatic heterocycles. The van der Waals surface area contributed by atoms with Crippen LogP contribution in [-0.4, -0.2) is 14.2 Å². The summed E-state index contributed by atoms with van der Waals surface area (Å²) in [4.78, 5) is 0. The number of benzene rings is 1. The summed E-state index contributed by atoms with van der Waals surface area (Å²) >= 11 is 1.60. The standard InChI is InChI=1S/C10H11NO2S/c1-12-7-5-6-3-4-14-10(6)8(11)9(7)13-2/h3-5H,11H2,1-2H3. The zero-order valence-electron chi connectivity index (χ0n) is 8.03. The van der Waals surface area contributed by atoms with Crippen molar-refractivity contribution < 1.29 is 9.47 Å². The first-order valence-corrected chi connectivity index (χ1v) is 5.03. The zero-order valence-corrected chi connectivity index (χ0v) is 8.85. The maximum Gasteiger partial charge on any atom is 0.185 e. The summed E-state index contributed by atoms with van der Waals surface area (Å²) in [6, 6.07) is 3.94. The number of methoxy groups -OCH3 is 2. The fourth-order valence-corrected chi connectivity index (χ4v) is 2.29. The van der Waals surface area contributed by atoms with E-state index in [0.717, 1.165) is 10.1 Å². The Bertz CT molecular complexity index is 464. The van der Waals surface area contributed by atoms with Crippen LogP contribution >= 0.6 is 11.3 Å². The molecule has 0 radical (unpaired) electrons. The third kappa shape index (κ3) is 1.19. The molecule has 0 bridgehead atoms. The van der Waals surface area contributed by atoms with Gasteiger partial charge in [-0.25, -0.2) is 0 Å². The topological polar surface area (TPSA) is 44.5 Å². The van der Waals surface area contributed by atoms with Gasteiger partial charge in [0, 0.05) is 0 Å². The van der Waals surface area contributed by atoms with E-state index < -0.39 is 0 Å². The lowest BCUT2D eigenvalue weighted by Crippen LogP contribution is -1.96. The van der Waals surface area contributed by atoms with Crippen LogP contribution in [0.3, 0.4) is 0 Å². The molecule has 0 saturated heterocycles. The average Bonchev–Trinajstić information content (AvgIpc) is 2.65. The summed E-state index contributed by atoms with van der Waals surface area (Å²) in [5, 5.41) is 3.09. The maximum absolute atomic E-state index is 5.96. The molecule has 2 rings (SSSR count). The van der Waals surface area contributed by atoms with Crippen molar-refractivity contribution in [2.75, 3.05) is 20.0 Å². The van der Waals surface area contributed by atoms with E-state index in [2.05, 4.69) is 0 Å². The Morgan fingerprint density at radius 1 is 1.29 bits per heavy atom. The molecule has 14 heavy (non-hydrogen) atoms. The van der Waals surface area contributed by atoms with Crippen LogP contribution in [-0.2, 0) is 0 Å². The van der Waals surface area contributed by atoms with Gasteiger partial charge in [0.15, 0.2) is 11.5 Å². The van der Waals surface area contributed by atoms with Crippen LogP contribution in [0.2, 0.25) is 0 Å². The Morgan fingerprint density at radius 2 is 2.07 bits per heavy atom. The highest BCUT2D eigenvalue weighted by molar-refractivity contribution is 7.17. The first-order chi connectivity index (χ1) is 6.77. The minimum absolute atomic E-state index is 0.613. The molecule has 3 nitrogen and oxygen atoms in total. The maximum atomic E-state index is 5.96. The van der Waals surface area contributed by atoms with E-state index in [1.807, 2.05) is 17.5 Å². The molecule has 0 fully saturated rings. The van der Waals surface area contributed by atoms with Crippen LogP contribution in [0.1, 0.15) is 0 Å². The van der Waals surface area contributed by atoms with Crippen LogP contribution in [0.4, 0.5) is 5.69 Å². The van der Waals surface area contributed by atoms with Gasteiger partial charge >= 0.3 is 0 Å². The molecule has 1 aromatic heterocycles. The molecule has 0 amide bonds. The fourth-order valence-electron chi connectivity index (χ4n) is 1.46. The summed E-state index contributed by atoms with van der Waals surface area (Å²) in [6.07, 6.45) is 0. The minimum atomic E-state index is 0.613. The Hall–Kier alpha value is -1.42. The van der Waals surface area contributed by atoms with E-state index in [0.29, 0.717) is 17.2 Å². The molecule has 1 heterocycles. The molecule has 0 aliphatic rings. The quantitative estimate of drug-likeness (QED) is 0.773. The molecule has 1 aromatic carbocycles. The first kappa shape index (κ1) is 9.15. The van der Waals surface area contributed by atoms with Gasteiger partial charge in [-0.2, -0.15) is 0 Å². The van der Waals surface area contributed by atoms with Crippen molar-refractivity contribution >= 4 is 27.1 Å². The van der Waals surface area contributed by atoms with E-state index >= 15 is 0 Å². The minimum Gasteiger partial charge on any atom is -0.493 e. The lowest BCUT2D eigenvalue weighted by atomic mass is 10.2. The smallest absolute Gasteiger partial charge is 0.185 e. The second kappa shape index (κ2) is 3.38. The highest BCUT2D eigenvalue weighted by Gasteiger charge is 2.12. The predicted molar refractivity (Wildman–Crippen MR) is 59.3 cm³/mol. The highest BCUT2D eigenvalue weighted by Crippen LogP contribution is 2.41. The fraction of sp³-hybridized carbons (Fsp3) is 0.200. The van der Waals surface area contributed by atoms with Crippen LogP contribution in [0, 0.1) is 0 Å². The van der Waals surface area contributed by atoms with E-state index in [1.165, 1.54) is 0 Å². The van der Waals surface area contributed by atoms with E-state index in [1.54, 1.807) is 25.6 Å². The van der Waals surface area contributed by atoms with Crippen molar-refractivity contribution in [3.05, 3.63) is 17.5 Å². The zero-order chi connectivity index (χ0) is 10.1. The van der Waals surface area contributed by atoms with Crippen LogP contribution in [0.15, 0.2) is 17.5 Å². The third-order valence-corrected chi connectivity index (χ3v) is 3.08. The number of anilines is 1. The van der Waals surface area contributed by atoms with Crippen LogP contribution in [0.25, 0.3) is 10.1 Å². The molecular weight excluding hydrogens is 198 g/mol.